The van der Waals surface area contributed by atoms with Crippen molar-refractivity contribution in [3.63, 3.8) is 0 Å². The first-order valence-electron chi connectivity index (χ1n) is 10.5. The summed E-state index contributed by atoms with van der Waals surface area (Å²) < 4.78 is 24.5. The van der Waals surface area contributed by atoms with Gasteiger partial charge in [0.15, 0.2) is 11.5 Å². The topological polar surface area (TPSA) is 84.9 Å². The van der Waals surface area contributed by atoms with Gasteiger partial charge in [-0.05, 0) is 66.1 Å². The lowest BCUT2D eigenvalue weighted by Gasteiger charge is -2.26. The SMILES string of the molecule is COc1cc(/C=C2\C(=O)NC(=O)N(c3ccc(C)c(Cl)c3)C2=O)ccc1OCc1cccc(F)c1. The van der Waals surface area contributed by atoms with E-state index in [4.69, 9.17) is 21.1 Å². The first-order valence-corrected chi connectivity index (χ1v) is 10.9. The van der Waals surface area contributed by atoms with E-state index in [2.05, 4.69) is 5.32 Å². The highest BCUT2D eigenvalue weighted by atomic mass is 35.5. The van der Waals surface area contributed by atoms with Gasteiger partial charge in [0.25, 0.3) is 11.8 Å². The molecule has 4 amide bonds. The highest BCUT2D eigenvalue weighted by molar-refractivity contribution is 6.39. The number of imide groups is 2. The molecular weight excluding hydrogens is 475 g/mol. The van der Waals surface area contributed by atoms with E-state index in [0.29, 0.717) is 27.6 Å². The van der Waals surface area contributed by atoms with E-state index < -0.39 is 17.8 Å². The van der Waals surface area contributed by atoms with Crippen molar-refractivity contribution in [2.24, 2.45) is 0 Å². The summed E-state index contributed by atoms with van der Waals surface area (Å²) in [6.45, 7) is 1.91. The molecule has 35 heavy (non-hydrogen) atoms. The Morgan fingerprint density at radius 3 is 2.54 bits per heavy atom. The molecular formula is C26H20ClFN2O5. The number of ether oxygens (including phenoxy) is 2. The highest BCUT2D eigenvalue weighted by Crippen LogP contribution is 2.31. The summed E-state index contributed by atoms with van der Waals surface area (Å²) in [6.07, 6.45) is 1.35. The number of carbonyl (C=O) groups is 3. The molecule has 0 spiro atoms. The lowest BCUT2D eigenvalue weighted by atomic mass is 10.1. The van der Waals surface area contributed by atoms with Crippen LogP contribution in [-0.2, 0) is 16.2 Å². The molecule has 0 bridgehead atoms. The van der Waals surface area contributed by atoms with Crippen molar-refractivity contribution in [3.05, 3.63) is 93.8 Å². The van der Waals surface area contributed by atoms with Gasteiger partial charge < -0.3 is 9.47 Å². The summed E-state index contributed by atoms with van der Waals surface area (Å²) in [4.78, 5) is 38.8. The fraction of sp³-hybridized carbons (Fsp3) is 0.115. The molecule has 7 nitrogen and oxygen atoms in total. The number of methoxy groups -OCH3 is 1. The predicted molar refractivity (Wildman–Crippen MR) is 129 cm³/mol. The second-order valence-electron chi connectivity index (χ2n) is 7.72. The summed E-state index contributed by atoms with van der Waals surface area (Å²) in [5.74, 6) is -1.23. The summed E-state index contributed by atoms with van der Waals surface area (Å²) >= 11 is 6.15. The first kappa shape index (κ1) is 24.0. The van der Waals surface area contributed by atoms with Gasteiger partial charge in [0.1, 0.15) is 18.0 Å². The van der Waals surface area contributed by atoms with Gasteiger partial charge >= 0.3 is 6.03 Å². The second-order valence-corrected chi connectivity index (χ2v) is 8.13. The molecule has 0 unspecified atom stereocenters. The number of barbiturate groups is 1. The van der Waals surface area contributed by atoms with E-state index in [0.717, 1.165) is 10.5 Å². The standard InChI is InChI=1S/C26H20ClFN2O5/c1-15-6-8-19(13-21(15)27)30-25(32)20(24(31)29-26(30)33)11-16-7-9-22(23(12-16)34-2)35-14-17-4-3-5-18(28)10-17/h3-13H,14H2,1-2H3,(H,29,31,33)/b20-11+. The Morgan fingerprint density at radius 1 is 1.03 bits per heavy atom. The number of amides is 4. The normalized spacial score (nSPS) is 14.8. The number of benzene rings is 3. The number of aryl methyl sites for hydroxylation is 1. The fourth-order valence-corrected chi connectivity index (χ4v) is 3.64. The molecule has 1 N–H and O–H groups in total. The summed E-state index contributed by atoms with van der Waals surface area (Å²) in [7, 11) is 1.45. The Balaban J connectivity index is 1.60. The van der Waals surface area contributed by atoms with Crippen molar-refractivity contribution in [2.45, 2.75) is 13.5 Å². The van der Waals surface area contributed by atoms with Crippen LogP contribution in [0, 0.1) is 12.7 Å². The third-order valence-electron chi connectivity index (χ3n) is 5.30. The van der Waals surface area contributed by atoms with E-state index >= 15 is 0 Å². The molecule has 0 radical (unpaired) electrons. The van der Waals surface area contributed by atoms with Crippen molar-refractivity contribution >= 4 is 41.2 Å². The zero-order chi connectivity index (χ0) is 25.1. The largest absolute Gasteiger partial charge is 0.493 e. The maximum Gasteiger partial charge on any atom is 0.335 e. The van der Waals surface area contributed by atoms with Gasteiger partial charge in [0.2, 0.25) is 0 Å². The van der Waals surface area contributed by atoms with Crippen molar-refractivity contribution in [1.82, 2.24) is 5.32 Å². The zero-order valence-electron chi connectivity index (χ0n) is 18.8. The van der Waals surface area contributed by atoms with Crippen LogP contribution in [-0.4, -0.2) is 25.0 Å². The number of nitrogens with zero attached hydrogens (tertiary/aromatic N) is 1. The van der Waals surface area contributed by atoms with Crippen molar-refractivity contribution < 1.29 is 28.2 Å². The van der Waals surface area contributed by atoms with Crippen LogP contribution in [0.1, 0.15) is 16.7 Å². The summed E-state index contributed by atoms with van der Waals surface area (Å²) in [6, 6.07) is 14.7. The van der Waals surface area contributed by atoms with Crippen LogP contribution in [0.15, 0.2) is 66.2 Å². The Hall–Kier alpha value is -4.17. The van der Waals surface area contributed by atoms with E-state index in [9.17, 15) is 18.8 Å². The molecule has 178 valence electrons. The van der Waals surface area contributed by atoms with Crippen LogP contribution in [0.3, 0.4) is 0 Å². The molecule has 0 aliphatic carbocycles. The van der Waals surface area contributed by atoms with Gasteiger partial charge in [-0.3, -0.25) is 14.9 Å². The maximum atomic E-state index is 13.4. The Bertz CT molecular complexity index is 1370. The summed E-state index contributed by atoms with van der Waals surface area (Å²) in [5.41, 5.74) is 1.88. The van der Waals surface area contributed by atoms with Gasteiger partial charge in [-0.2, -0.15) is 0 Å². The van der Waals surface area contributed by atoms with Gasteiger partial charge in [-0.1, -0.05) is 35.9 Å². The molecule has 1 saturated heterocycles. The molecule has 4 rings (SSSR count). The van der Waals surface area contributed by atoms with Crippen LogP contribution >= 0.6 is 11.6 Å². The van der Waals surface area contributed by atoms with Crippen LogP contribution in [0.5, 0.6) is 11.5 Å². The molecule has 0 saturated carbocycles. The predicted octanol–water partition coefficient (Wildman–Crippen LogP) is 5.04. The first-order chi connectivity index (χ1) is 16.8. The number of halogens is 2. The van der Waals surface area contributed by atoms with Gasteiger partial charge in [0, 0.05) is 5.02 Å². The molecule has 0 aromatic heterocycles. The van der Waals surface area contributed by atoms with E-state index in [1.165, 1.54) is 31.4 Å². The van der Waals surface area contributed by atoms with Gasteiger partial charge in [0.05, 0.1) is 12.8 Å². The quantitative estimate of drug-likeness (QED) is 0.383. The Morgan fingerprint density at radius 2 is 1.83 bits per heavy atom. The fourth-order valence-electron chi connectivity index (χ4n) is 3.46. The van der Waals surface area contributed by atoms with Crippen LogP contribution in [0.4, 0.5) is 14.9 Å². The number of urea groups is 1. The number of hydrogen-bond donors (Lipinski definition) is 1. The number of carbonyl (C=O) groups excluding carboxylic acids is 3. The molecule has 0 atom stereocenters. The smallest absolute Gasteiger partial charge is 0.335 e. The average Bonchev–Trinajstić information content (AvgIpc) is 2.83. The van der Waals surface area contributed by atoms with E-state index in [-0.39, 0.29) is 23.7 Å². The van der Waals surface area contributed by atoms with E-state index in [1.807, 2.05) is 0 Å². The lowest BCUT2D eigenvalue weighted by Crippen LogP contribution is -2.54. The van der Waals surface area contributed by atoms with Crippen LogP contribution < -0.4 is 19.7 Å². The number of hydrogen-bond acceptors (Lipinski definition) is 5. The van der Waals surface area contributed by atoms with Crippen LogP contribution in [0.2, 0.25) is 5.02 Å². The van der Waals surface area contributed by atoms with Crippen molar-refractivity contribution in [3.8, 4) is 11.5 Å². The molecule has 9 heteroatoms. The average molecular weight is 495 g/mol. The Kier molecular flexibility index (Phi) is 6.84. The van der Waals surface area contributed by atoms with Crippen molar-refractivity contribution in [2.75, 3.05) is 12.0 Å². The Labute approximate surface area is 205 Å². The molecule has 3 aromatic carbocycles. The molecule has 1 heterocycles. The van der Waals surface area contributed by atoms with Gasteiger partial charge in [-0.15, -0.1) is 0 Å². The molecule has 1 aliphatic heterocycles. The molecule has 1 fully saturated rings. The van der Waals surface area contributed by atoms with Crippen molar-refractivity contribution in [1.29, 1.82) is 0 Å². The maximum absolute atomic E-state index is 13.4. The highest BCUT2D eigenvalue weighted by Gasteiger charge is 2.37. The number of anilines is 1. The third kappa shape index (κ3) is 5.17. The minimum Gasteiger partial charge on any atom is -0.493 e. The monoisotopic (exact) mass is 494 g/mol. The summed E-state index contributed by atoms with van der Waals surface area (Å²) in [5, 5.41) is 2.55. The molecule has 3 aromatic rings. The molecule has 1 aliphatic rings. The zero-order valence-corrected chi connectivity index (χ0v) is 19.6. The van der Waals surface area contributed by atoms with E-state index in [1.54, 1.807) is 49.4 Å². The number of rotatable bonds is 6. The number of nitrogens with one attached hydrogen (secondary N) is 1. The minimum atomic E-state index is -0.865. The third-order valence-corrected chi connectivity index (χ3v) is 5.70. The second kappa shape index (κ2) is 9.99. The van der Waals surface area contributed by atoms with Gasteiger partial charge in [-0.25, -0.2) is 14.1 Å². The minimum absolute atomic E-state index is 0.117. The lowest BCUT2D eigenvalue weighted by molar-refractivity contribution is -0.122. The van der Waals surface area contributed by atoms with Crippen LogP contribution in [0.25, 0.3) is 6.08 Å².